The van der Waals surface area contributed by atoms with Crippen LogP contribution < -0.4 is 0 Å². The lowest BCUT2D eigenvalue weighted by atomic mass is 9.89. The number of rotatable bonds is 3. The lowest BCUT2D eigenvalue weighted by Gasteiger charge is -2.20. The van der Waals surface area contributed by atoms with Crippen LogP contribution in [0.25, 0.3) is 0 Å². The Morgan fingerprint density at radius 2 is 1.12 bits per heavy atom. The third kappa shape index (κ3) is 2.45. The van der Waals surface area contributed by atoms with Crippen molar-refractivity contribution in [2.24, 2.45) is 0 Å². The molecule has 0 saturated heterocycles. The first-order chi connectivity index (χ1) is 7.79. The van der Waals surface area contributed by atoms with Crippen LogP contribution in [0.5, 0.6) is 0 Å². The molecule has 0 aliphatic carbocycles. The summed E-state index contributed by atoms with van der Waals surface area (Å²) in [5.41, 5.74) is 2.55. The van der Waals surface area contributed by atoms with Gasteiger partial charge in [-0.3, -0.25) is 0 Å². The van der Waals surface area contributed by atoms with Gasteiger partial charge in [0.15, 0.2) is 0 Å². The van der Waals surface area contributed by atoms with Crippen molar-refractivity contribution < 1.29 is 0 Å². The van der Waals surface area contributed by atoms with Crippen LogP contribution in [0.15, 0.2) is 60.7 Å². The largest absolute Gasteiger partial charge is 0.122 e. The molecule has 0 aliphatic rings. The Bertz CT molecular complexity index is 380. The fourth-order valence-corrected chi connectivity index (χ4v) is 2.33. The Morgan fingerprint density at radius 3 is 1.44 bits per heavy atom. The Balaban J connectivity index is 2.40. The molecule has 0 heterocycles. The van der Waals surface area contributed by atoms with Gasteiger partial charge in [-0.25, -0.2) is 0 Å². The van der Waals surface area contributed by atoms with E-state index in [0.29, 0.717) is 0 Å². The molecule has 1 heteroatoms. The molecule has 1 atom stereocenters. The highest BCUT2D eigenvalue weighted by Crippen LogP contribution is 2.30. The molecular formula is C15H15Cl. The molecular weight excluding hydrogens is 216 g/mol. The molecule has 0 aliphatic heterocycles. The zero-order valence-electron chi connectivity index (χ0n) is 9.31. The van der Waals surface area contributed by atoms with Crippen LogP contribution >= 0.6 is 11.6 Å². The number of hydrogen-bond donors (Lipinski definition) is 0. The highest BCUT2D eigenvalue weighted by Gasteiger charge is 2.18. The van der Waals surface area contributed by atoms with Crippen molar-refractivity contribution in [3.05, 3.63) is 71.8 Å². The van der Waals surface area contributed by atoms with Gasteiger partial charge in [0.1, 0.15) is 0 Å². The van der Waals surface area contributed by atoms with Crippen LogP contribution in [-0.4, -0.2) is 5.38 Å². The lowest BCUT2D eigenvalue weighted by Crippen LogP contribution is -2.10. The van der Waals surface area contributed by atoms with Crippen LogP contribution in [0.3, 0.4) is 0 Å². The van der Waals surface area contributed by atoms with Gasteiger partial charge in [-0.2, -0.15) is 0 Å². The van der Waals surface area contributed by atoms with E-state index in [9.17, 15) is 0 Å². The predicted octanol–water partition coefficient (Wildman–Crippen LogP) is 4.45. The van der Waals surface area contributed by atoms with Crippen molar-refractivity contribution in [1.82, 2.24) is 0 Å². The molecule has 16 heavy (non-hydrogen) atoms. The molecule has 2 aromatic carbocycles. The van der Waals surface area contributed by atoms with E-state index >= 15 is 0 Å². The number of benzene rings is 2. The maximum atomic E-state index is 6.31. The third-order valence-electron chi connectivity index (χ3n) is 2.78. The molecule has 0 spiro atoms. The van der Waals surface area contributed by atoms with Crippen LogP contribution in [0.4, 0.5) is 0 Å². The Kier molecular flexibility index (Phi) is 3.63. The summed E-state index contributed by atoms with van der Waals surface area (Å²) < 4.78 is 0. The summed E-state index contributed by atoms with van der Waals surface area (Å²) >= 11 is 6.31. The van der Waals surface area contributed by atoms with Crippen LogP contribution in [0.1, 0.15) is 24.0 Å². The average molecular weight is 231 g/mol. The number of hydrogen-bond acceptors (Lipinski definition) is 0. The van der Waals surface area contributed by atoms with Gasteiger partial charge < -0.3 is 0 Å². The molecule has 0 amide bonds. The summed E-state index contributed by atoms with van der Waals surface area (Å²) in [6, 6.07) is 20.8. The van der Waals surface area contributed by atoms with Crippen molar-refractivity contribution in [3.63, 3.8) is 0 Å². The topological polar surface area (TPSA) is 0 Å². The van der Waals surface area contributed by atoms with E-state index in [0.717, 1.165) is 0 Å². The summed E-state index contributed by atoms with van der Waals surface area (Å²) in [5.74, 6) is 0.268. The van der Waals surface area contributed by atoms with E-state index in [4.69, 9.17) is 11.6 Å². The summed E-state index contributed by atoms with van der Waals surface area (Å²) in [4.78, 5) is 0. The smallest absolute Gasteiger partial charge is 0.0417 e. The maximum Gasteiger partial charge on any atom is 0.0417 e. The van der Waals surface area contributed by atoms with Gasteiger partial charge in [0, 0.05) is 11.3 Å². The van der Waals surface area contributed by atoms with Crippen molar-refractivity contribution in [2.45, 2.75) is 18.2 Å². The van der Waals surface area contributed by atoms with Crippen molar-refractivity contribution in [3.8, 4) is 0 Å². The molecule has 0 fully saturated rings. The van der Waals surface area contributed by atoms with Crippen LogP contribution in [0.2, 0.25) is 0 Å². The molecule has 0 nitrogen and oxygen atoms in total. The monoisotopic (exact) mass is 230 g/mol. The van der Waals surface area contributed by atoms with Gasteiger partial charge in [0.25, 0.3) is 0 Å². The van der Waals surface area contributed by atoms with Crippen molar-refractivity contribution >= 4 is 11.6 Å². The molecule has 2 aromatic rings. The second kappa shape index (κ2) is 5.18. The standard InChI is InChI=1S/C15H15Cl/c1-12(16)15(13-8-4-2-5-9-13)14-10-6-3-7-11-14/h2-12,15H,1H3. The molecule has 0 bridgehead atoms. The van der Waals surface area contributed by atoms with Crippen molar-refractivity contribution in [2.75, 3.05) is 0 Å². The molecule has 0 N–H and O–H groups in total. The molecule has 0 saturated carbocycles. The molecule has 82 valence electrons. The fraction of sp³-hybridized carbons (Fsp3) is 0.200. The van der Waals surface area contributed by atoms with Gasteiger partial charge in [-0.05, 0) is 18.1 Å². The highest BCUT2D eigenvalue weighted by molar-refractivity contribution is 6.21. The van der Waals surface area contributed by atoms with E-state index in [1.807, 2.05) is 19.1 Å². The average Bonchev–Trinajstić information content (AvgIpc) is 2.31. The zero-order valence-corrected chi connectivity index (χ0v) is 10.1. The Hall–Kier alpha value is -1.27. The van der Waals surface area contributed by atoms with Crippen LogP contribution in [-0.2, 0) is 0 Å². The van der Waals surface area contributed by atoms with Gasteiger partial charge >= 0.3 is 0 Å². The first-order valence-electron chi connectivity index (χ1n) is 5.53. The van der Waals surface area contributed by atoms with E-state index < -0.39 is 0 Å². The predicted molar refractivity (Wildman–Crippen MR) is 70.0 cm³/mol. The van der Waals surface area contributed by atoms with Gasteiger partial charge in [-0.1, -0.05) is 60.7 Å². The normalized spacial score (nSPS) is 12.7. The Labute approximate surface area is 102 Å². The minimum atomic E-state index is 0.0878. The maximum absolute atomic E-state index is 6.31. The van der Waals surface area contributed by atoms with E-state index in [2.05, 4.69) is 48.5 Å². The first kappa shape index (κ1) is 11.2. The summed E-state index contributed by atoms with van der Waals surface area (Å²) in [7, 11) is 0. The SMILES string of the molecule is CC(Cl)C(c1ccccc1)c1ccccc1. The van der Waals surface area contributed by atoms with Crippen molar-refractivity contribution in [1.29, 1.82) is 0 Å². The van der Waals surface area contributed by atoms with E-state index in [1.54, 1.807) is 0 Å². The fourth-order valence-electron chi connectivity index (χ4n) is 2.04. The molecule has 2 rings (SSSR count). The van der Waals surface area contributed by atoms with E-state index in [1.165, 1.54) is 11.1 Å². The van der Waals surface area contributed by atoms with E-state index in [-0.39, 0.29) is 11.3 Å². The van der Waals surface area contributed by atoms with Crippen LogP contribution in [0, 0.1) is 0 Å². The summed E-state index contributed by atoms with van der Waals surface area (Å²) in [6.07, 6.45) is 0. The summed E-state index contributed by atoms with van der Waals surface area (Å²) in [6.45, 7) is 2.05. The zero-order chi connectivity index (χ0) is 11.4. The molecule has 0 radical (unpaired) electrons. The minimum Gasteiger partial charge on any atom is -0.122 e. The lowest BCUT2D eigenvalue weighted by molar-refractivity contribution is 0.786. The second-order valence-corrected chi connectivity index (χ2v) is 4.66. The molecule has 1 unspecified atom stereocenters. The molecule has 0 aromatic heterocycles. The highest BCUT2D eigenvalue weighted by atomic mass is 35.5. The first-order valence-corrected chi connectivity index (χ1v) is 5.96. The second-order valence-electron chi connectivity index (χ2n) is 3.98. The van der Waals surface area contributed by atoms with Gasteiger partial charge in [0.2, 0.25) is 0 Å². The quantitative estimate of drug-likeness (QED) is 0.684. The number of alkyl halides is 1. The Morgan fingerprint density at radius 1 is 0.750 bits per heavy atom. The minimum absolute atomic E-state index is 0.0878. The van der Waals surface area contributed by atoms with Gasteiger partial charge in [-0.15, -0.1) is 11.6 Å². The third-order valence-corrected chi connectivity index (χ3v) is 3.03. The summed E-state index contributed by atoms with van der Waals surface area (Å²) in [5, 5.41) is 0.0878. The van der Waals surface area contributed by atoms with Gasteiger partial charge in [0.05, 0.1) is 0 Å². The number of halogens is 1.